The van der Waals surface area contributed by atoms with Crippen LogP contribution in [-0.2, 0) is 0 Å². The monoisotopic (exact) mass is 772 g/mol. The van der Waals surface area contributed by atoms with Crippen LogP contribution in [0.5, 0.6) is 46.0 Å². The molecule has 0 spiro atoms. The largest absolute Gasteiger partial charge is 0.496 e. The van der Waals surface area contributed by atoms with Crippen LogP contribution in [0.1, 0.15) is 93.9 Å². The zero-order valence-corrected chi connectivity index (χ0v) is 34.2. The zero-order chi connectivity index (χ0) is 40.5. The van der Waals surface area contributed by atoms with Crippen LogP contribution in [0, 0.1) is 0 Å². The molecule has 1 aliphatic carbocycles. The summed E-state index contributed by atoms with van der Waals surface area (Å²) in [4.78, 5) is 0. The van der Waals surface area contributed by atoms with E-state index in [-0.39, 0.29) is 23.7 Å². The number of benzene rings is 4. The van der Waals surface area contributed by atoms with E-state index in [1.165, 1.54) is 0 Å². The van der Waals surface area contributed by atoms with Gasteiger partial charge in [0.05, 0.1) is 56.9 Å². The van der Waals surface area contributed by atoms with Crippen LogP contribution in [-0.4, -0.2) is 83.1 Å². The molecule has 1 aliphatic rings. The Hall–Kier alpha value is -4.88. The first-order valence-corrected chi connectivity index (χ1v) is 19.1. The fourth-order valence-corrected chi connectivity index (χ4v) is 8.56. The molecule has 8 N–H and O–H groups in total. The second kappa shape index (κ2) is 19.3. The van der Waals surface area contributed by atoms with Gasteiger partial charge in [-0.2, -0.15) is 0 Å². The molecule has 4 aromatic carbocycles. The Morgan fingerprint density at radius 3 is 0.536 bits per heavy atom. The van der Waals surface area contributed by atoms with Gasteiger partial charge in [-0.15, -0.1) is 0 Å². The number of rotatable bonds is 16. The van der Waals surface area contributed by atoms with E-state index in [4.69, 9.17) is 60.8 Å². The Labute approximate surface area is 331 Å². The highest BCUT2D eigenvalue weighted by atomic mass is 16.5. The highest BCUT2D eigenvalue weighted by Crippen LogP contribution is 2.52. The summed E-state index contributed by atoms with van der Waals surface area (Å²) in [6, 6.07) is 16.5. The Bertz CT molecular complexity index is 1570. The number of hydrogen-bond acceptors (Lipinski definition) is 12. The van der Waals surface area contributed by atoms with Crippen LogP contribution in [0.15, 0.2) is 48.5 Å². The minimum absolute atomic E-state index is 0.264. The Morgan fingerprint density at radius 1 is 0.286 bits per heavy atom. The first kappa shape index (κ1) is 42.3. The molecule has 0 saturated carbocycles. The number of ether oxygens (including phenoxy) is 8. The molecule has 4 aromatic rings. The van der Waals surface area contributed by atoms with Gasteiger partial charge < -0.3 is 60.8 Å². The summed E-state index contributed by atoms with van der Waals surface area (Å²) in [6.45, 7) is 1.58. The van der Waals surface area contributed by atoms with Crippen molar-refractivity contribution in [3.8, 4) is 46.0 Å². The van der Waals surface area contributed by atoms with Gasteiger partial charge >= 0.3 is 0 Å². The van der Waals surface area contributed by atoms with Crippen molar-refractivity contribution in [2.75, 3.05) is 83.1 Å². The standard InChI is InChI=1S/C44H60N4O8/c1-49-37-21-38(50-2)30-17-29(37)25(9-13-45)31-18-32(40(52-4)22-39(31)51-3)27(11-15-47)35-20-36(44(56-8)24-43(35)55-7)28(12-16-48)34-19-33(26(30)10-14-46)41(53-5)23-42(34)54-6/h17-28H,9-16,45-48H2,1-8H3. The molecule has 8 bridgehead atoms. The van der Waals surface area contributed by atoms with Gasteiger partial charge in [0.15, 0.2) is 0 Å². The van der Waals surface area contributed by atoms with Crippen LogP contribution in [0.25, 0.3) is 0 Å². The van der Waals surface area contributed by atoms with E-state index in [9.17, 15) is 0 Å². The maximum absolute atomic E-state index is 6.43. The third kappa shape index (κ3) is 8.02. The second-order valence-electron chi connectivity index (χ2n) is 13.9. The van der Waals surface area contributed by atoms with E-state index in [1.807, 2.05) is 24.3 Å². The predicted octanol–water partition coefficient (Wildman–Crippen LogP) is 5.99. The van der Waals surface area contributed by atoms with Crippen LogP contribution >= 0.6 is 0 Å². The lowest BCUT2D eigenvalue weighted by atomic mass is 9.77. The topological polar surface area (TPSA) is 178 Å². The number of methoxy groups -OCH3 is 8. The maximum atomic E-state index is 6.43. The second-order valence-corrected chi connectivity index (χ2v) is 13.9. The molecule has 12 heteroatoms. The average Bonchev–Trinajstić information content (AvgIpc) is 3.23. The van der Waals surface area contributed by atoms with Crippen LogP contribution in [0.2, 0.25) is 0 Å². The fourth-order valence-electron chi connectivity index (χ4n) is 8.56. The Morgan fingerprint density at radius 2 is 0.429 bits per heavy atom. The maximum Gasteiger partial charge on any atom is 0.126 e. The molecule has 56 heavy (non-hydrogen) atoms. The minimum Gasteiger partial charge on any atom is -0.496 e. The molecule has 0 heterocycles. The van der Waals surface area contributed by atoms with Crippen LogP contribution < -0.4 is 60.8 Å². The number of fused-ring (bicyclic) bond motifs is 8. The third-order valence-corrected chi connectivity index (χ3v) is 11.2. The Kier molecular flexibility index (Phi) is 14.6. The van der Waals surface area contributed by atoms with Crippen LogP contribution in [0.4, 0.5) is 0 Å². The van der Waals surface area contributed by atoms with Crippen molar-refractivity contribution in [3.63, 3.8) is 0 Å². The van der Waals surface area contributed by atoms with Crippen molar-refractivity contribution in [1.29, 1.82) is 0 Å². The normalized spacial score (nSPS) is 17.5. The number of nitrogens with two attached hydrogens (primary N) is 4. The molecule has 12 nitrogen and oxygen atoms in total. The molecule has 0 aromatic heterocycles. The van der Waals surface area contributed by atoms with E-state index >= 15 is 0 Å². The minimum atomic E-state index is -0.264. The first-order valence-electron chi connectivity index (χ1n) is 19.1. The molecule has 304 valence electrons. The first-order chi connectivity index (χ1) is 27.2. The van der Waals surface area contributed by atoms with Crippen molar-refractivity contribution in [1.82, 2.24) is 0 Å². The molecule has 5 rings (SSSR count). The zero-order valence-electron chi connectivity index (χ0n) is 34.2. The highest BCUT2D eigenvalue weighted by molar-refractivity contribution is 5.63. The predicted molar refractivity (Wildman–Crippen MR) is 220 cm³/mol. The molecular formula is C44H60N4O8. The lowest BCUT2D eigenvalue weighted by Crippen LogP contribution is -2.18. The van der Waals surface area contributed by atoms with Gasteiger partial charge in [-0.3, -0.25) is 0 Å². The van der Waals surface area contributed by atoms with Crippen molar-refractivity contribution in [2.45, 2.75) is 49.4 Å². The van der Waals surface area contributed by atoms with E-state index in [0.717, 1.165) is 44.5 Å². The number of hydrogen-bond donors (Lipinski definition) is 4. The van der Waals surface area contributed by atoms with Crippen molar-refractivity contribution in [2.24, 2.45) is 22.9 Å². The summed E-state index contributed by atoms with van der Waals surface area (Å²) < 4.78 is 49.0. The summed E-state index contributed by atoms with van der Waals surface area (Å²) in [7, 11) is 13.3. The summed E-state index contributed by atoms with van der Waals surface area (Å²) in [5.41, 5.74) is 33.1. The van der Waals surface area contributed by atoms with Gasteiger partial charge in [0.25, 0.3) is 0 Å². The van der Waals surface area contributed by atoms with E-state index in [0.29, 0.717) is 97.9 Å². The molecule has 0 saturated heterocycles. The van der Waals surface area contributed by atoms with Crippen molar-refractivity contribution >= 4 is 0 Å². The van der Waals surface area contributed by atoms with Crippen molar-refractivity contribution < 1.29 is 37.9 Å². The van der Waals surface area contributed by atoms with Gasteiger partial charge in [-0.25, -0.2) is 0 Å². The molecule has 0 atom stereocenters. The van der Waals surface area contributed by atoms with Gasteiger partial charge in [0, 0.05) is 92.4 Å². The highest BCUT2D eigenvalue weighted by Gasteiger charge is 2.34. The van der Waals surface area contributed by atoms with Crippen LogP contribution in [0.3, 0.4) is 0 Å². The quantitative estimate of drug-likeness (QED) is 0.105. The molecular weight excluding hydrogens is 713 g/mol. The lowest BCUT2D eigenvalue weighted by molar-refractivity contribution is 0.373. The van der Waals surface area contributed by atoms with E-state index in [1.54, 1.807) is 56.9 Å². The summed E-state index contributed by atoms with van der Waals surface area (Å²) >= 11 is 0. The molecule has 0 unspecified atom stereocenters. The smallest absolute Gasteiger partial charge is 0.126 e. The molecule has 0 fully saturated rings. The average molecular weight is 773 g/mol. The molecule has 0 aliphatic heterocycles. The SMILES string of the molecule is COc1cc(OC)c2cc1C(CCN)c1cc(c(OC)cc1OC)C(CCN)c1cc(c(OC)cc1OC)C(CCN)c1cc(c(OC)cc1OC)C2CCN. The van der Waals surface area contributed by atoms with Gasteiger partial charge in [0.1, 0.15) is 46.0 Å². The van der Waals surface area contributed by atoms with Gasteiger partial charge in [-0.1, -0.05) is 0 Å². The fraction of sp³-hybridized carbons (Fsp3) is 0.455. The summed E-state index contributed by atoms with van der Waals surface area (Å²) in [6.07, 6.45) is 2.33. The molecule has 0 amide bonds. The van der Waals surface area contributed by atoms with Gasteiger partial charge in [-0.05, 0) is 76.1 Å². The molecule has 0 radical (unpaired) electrons. The third-order valence-electron chi connectivity index (χ3n) is 11.2. The lowest BCUT2D eigenvalue weighted by Gasteiger charge is -2.31. The summed E-state index contributed by atoms with van der Waals surface area (Å²) in [5.74, 6) is 4.18. The van der Waals surface area contributed by atoms with Gasteiger partial charge in [0.2, 0.25) is 0 Å². The summed E-state index contributed by atoms with van der Waals surface area (Å²) in [5, 5.41) is 0. The van der Waals surface area contributed by atoms with Crippen molar-refractivity contribution in [3.05, 3.63) is 93.0 Å². The van der Waals surface area contributed by atoms with E-state index in [2.05, 4.69) is 24.3 Å². The Balaban J connectivity index is 2.07. The van der Waals surface area contributed by atoms with E-state index < -0.39 is 0 Å².